The fourth-order valence-electron chi connectivity index (χ4n) is 4.06. The highest BCUT2D eigenvalue weighted by molar-refractivity contribution is 8.01. The first kappa shape index (κ1) is 14.2. The van der Waals surface area contributed by atoms with E-state index < -0.39 is 5.41 Å². The van der Waals surface area contributed by atoms with Gasteiger partial charge in [0, 0.05) is 10.8 Å². The number of azo groups is 1. The van der Waals surface area contributed by atoms with Crippen molar-refractivity contribution in [3.8, 4) is 0 Å². The SMILES string of the molecule is CC1N=NC(c2ccccc2)C12C(=O)N1[C@@H](C)C(C)(C)S[C@@H]12. The molecule has 0 aliphatic carbocycles. The molecule has 1 aromatic carbocycles. The monoisotopic (exact) mass is 315 g/mol. The summed E-state index contributed by atoms with van der Waals surface area (Å²) in [5.74, 6) is 0.231. The first-order valence-electron chi connectivity index (χ1n) is 7.86. The Morgan fingerprint density at radius 2 is 1.82 bits per heavy atom. The molecule has 3 unspecified atom stereocenters. The number of amides is 1. The number of carbonyl (C=O) groups excluding carboxylic acids is 1. The molecule has 1 amide bonds. The molecule has 0 bridgehead atoms. The summed E-state index contributed by atoms with van der Waals surface area (Å²) in [6, 6.07) is 10.2. The van der Waals surface area contributed by atoms with Crippen molar-refractivity contribution >= 4 is 17.7 Å². The Kier molecular flexibility index (Phi) is 2.81. The van der Waals surface area contributed by atoms with Crippen LogP contribution in [0.5, 0.6) is 0 Å². The molecule has 1 aromatic rings. The zero-order chi connectivity index (χ0) is 15.7. The molecule has 1 spiro atoms. The second-order valence-corrected chi connectivity index (χ2v) is 8.85. The number of β-lactam (4-membered cyclic amide) rings is 1. The van der Waals surface area contributed by atoms with E-state index in [0.717, 1.165) is 5.56 Å². The zero-order valence-corrected chi connectivity index (χ0v) is 14.2. The van der Waals surface area contributed by atoms with E-state index in [-0.39, 0.29) is 34.2 Å². The summed E-state index contributed by atoms with van der Waals surface area (Å²) in [7, 11) is 0. The minimum absolute atomic E-state index is 0.0555. The molecule has 5 atom stereocenters. The number of carbonyl (C=O) groups is 1. The lowest BCUT2D eigenvalue weighted by molar-refractivity contribution is -0.169. The van der Waals surface area contributed by atoms with Gasteiger partial charge in [-0.1, -0.05) is 30.3 Å². The lowest BCUT2D eigenvalue weighted by atomic mass is 9.65. The van der Waals surface area contributed by atoms with Crippen LogP contribution in [0, 0.1) is 5.41 Å². The highest BCUT2D eigenvalue weighted by Gasteiger charge is 2.75. The molecule has 0 saturated carbocycles. The number of nitrogens with zero attached hydrogens (tertiary/aromatic N) is 3. The van der Waals surface area contributed by atoms with Gasteiger partial charge in [0.25, 0.3) is 0 Å². The van der Waals surface area contributed by atoms with Crippen molar-refractivity contribution in [2.75, 3.05) is 0 Å². The van der Waals surface area contributed by atoms with Crippen molar-refractivity contribution < 1.29 is 4.79 Å². The molecule has 2 fully saturated rings. The predicted octanol–water partition coefficient (Wildman–Crippen LogP) is 3.65. The van der Waals surface area contributed by atoms with Gasteiger partial charge in [0.15, 0.2) is 0 Å². The number of rotatable bonds is 1. The van der Waals surface area contributed by atoms with Gasteiger partial charge in [0.2, 0.25) is 5.91 Å². The summed E-state index contributed by atoms with van der Waals surface area (Å²) in [5, 5.41) is 9.11. The summed E-state index contributed by atoms with van der Waals surface area (Å²) in [6.45, 7) is 8.65. The smallest absolute Gasteiger partial charge is 0.237 e. The van der Waals surface area contributed by atoms with Gasteiger partial charge in [0.1, 0.15) is 11.5 Å². The fourth-order valence-corrected chi connectivity index (χ4v) is 5.95. The summed E-state index contributed by atoms with van der Waals surface area (Å²) in [6.07, 6.45) is 0. The van der Waals surface area contributed by atoms with Crippen LogP contribution in [0.25, 0.3) is 0 Å². The molecule has 2 saturated heterocycles. The van der Waals surface area contributed by atoms with Crippen LogP contribution >= 0.6 is 11.8 Å². The van der Waals surface area contributed by atoms with Crippen molar-refractivity contribution in [3.05, 3.63) is 35.9 Å². The van der Waals surface area contributed by atoms with Gasteiger partial charge in [-0.15, -0.1) is 11.8 Å². The Hall–Kier alpha value is -1.36. The first-order chi connectivity index (χ1) is 10.4. The average Bonchev–Trinajstić information content (AvgIpc) is 2.96. The highest BCUT2D eigenvalue weighted by atomic mass is 32.2. The standard InChI is InChI=1S/C17H21N3OS/c1-10-17(13(19-18-10)12-8-6-5-7-9-12)14(21)20-11(2)16(3,4)22-15(17)20/h5-11,13,15H,1-4H3/t10?,11-,13?,15+,17?/m0/s1. The molecule has 3 aliphatic heterocycles. The molecule has 4 nitrogen and oxygen atoms in total. The van der Waals surface area contributed by atoms with Crippen molar-refractivity contribution in [2.24, 2.45) is 15.6 Å². The minimum atomic E-state index is -0.492. The maximum Gasteiger partial charge on any atom is 0.237 e. The number of hydrogen-bond acceptors (Lipinski definition) is 4. The van der Waals surface area contributed by atoms with Crippen molar-refractivity contribution in [1.82, 2.24) is 4.90 Å². The normalized spacial score (nSPS) is 41.8. The van der Waals surface area contributed by atoms with Crippen molar-refractivity contribution in [2.45, 2.75) is 55.9 Å². The highest BCUT2D eigenvalue weighted by Crippen LogP contribution is 2.66. The number of fused-ring (bicyclic) bond motifs is 2. The third-order valence-electron chi connectivity index (χ3n) is 5.72. The molecular weight excluding hydrogens is 294 g/mol. The average molecular weight is 315 g/mol. The van der Waals surface area contributed by atoms with Crippen LogP contribution in [-0.2, 0) is 4.79 Å². The Morgan fingerprint density at radius 3 is 2.50 bits per heavy atom. The van der Waals surface area contributed by atoms with Gasteiger partial charge in [-0.25, -0.2) is 0 Å². The van der Waals surface area contributed by atoms with E-state index in [1.165, 1.54) is 0 Å². The molecular formula is C17H21N3OS. The molecule has 0 N–H and O–H groups in total. The molecule has 4 rings (SSSR count). The molecule has 5 heteroatoms. The van der Waals surface area contributed by atoms with Gasteiger partial charge >= 0.3 is 0 Å². The summed E-state index contributed by atoms with van der Waals surface area (Å²) in [5.41, 5.74) is 0.607. The van der Waals surface area contributed by atoms with Crippen LogP contribution in [-0.4, -0.2) is 33.0 Å². The van der Waals surface area contributed by atoms with Crippen LogP contribution in [0.15, 0.2) is 40.6 Å². The van der Waals surface area contributed by atoms with E-state index in [9.17, 15) is 4.79 Å². The Bertz CT molecular complexity index is 659. The van der Waals surface area contributed by atoms with E-state index in [1.807, 2.05) is 36.9 Å². The van der Waals surface area contributed by atoms with Crippen LogP contribution in [0.4, 0.5) is 0 Å². The number of benzene rings is 1. The van der Waals surface area contributed by atoms with E-state index in [4.69, 9.17) is 0 Å². The van der Waals surface area contributed by atoms with E-state index >= 15 is 0 Å². The topological polar surface area (TPSA) is 45.0 Å². The van der Waals surface area contributed by atoms with Gasteiger partial charge in [0.05, 0.1) is 11.4 Å². The molecule has 0 radical (unpaired) electrons. The van der Waals surface area contributed by atoms with Gasteiger partial charge < -0.3 is 4.90 Å². The molecule has 3 aliphatic rings. The van der Waals surface area contributed by atoms with Gasteiger partial charge in [-0.3, -0.25) is 4.79 Å². The van der Waals surface area contributed by atoms with Gasteiger partial charge in [-0.2, -0.15) is 10.2 Å². The quantitative estimate of drug-likeness (QED) is 0.743. The summed E-state index contributed by atoms with van der Waals surface area (Å²) < 4.78 is 0.0768. The van der Waals surface area contributed by atoms with E-state index in [1.54, 1.807) is 0 Å². The second-order valence-electron chi connectivity index (χ2n) is 7.12. The molecule has 116 valence electrons. The van der Waals surface area contributed by atoms with Crippen LogP contribution in [0.2, 0.25) is 0 Å². The summed E-state index contributed by atoms with van der Waals surface area (Å²) in [4.78, 5) is 15.2. The maximum absolute atomic E-state index is 13.2. The third-order valence-corrected chi connectivity index (χ3v) is 7.51. The molecule has 22 heavy (non-hydrogen) atoms. The Labute approximate surface area is 135 Å². The Morgan fingerprint density at radius 1 is 1.14 bits per heavy atom. The lowest BCUT2D eigenvalue weighted by Crippen LogP contribution is -2.71. The maximum atomic E-state index is 13.2. The van der Waals surface area contributed by atoms with Crippen LogP contribution in [0.3, 0.4) is 0 Å². The molecule has 3 heterocycles. The fraction of sp³-hybridized carbons (Fsp3) is 0.588. The van der Waals surface area contributed by atoms with Crippen LogP contribution < -0.4 is 0 Å². The number of thioether (sulfide) groups is 1. The van der Waals surface area contributed by atoms with Crippen LogP contribution in [0.1, 0.15) is 39.3 Å². The predicted molar refractivity (Wildman–Crippen MR) is 87.7 cm³/mol. The third kappa shape index (κ3) is 1.48. The van der Waals surface area contributed by atoms with E-state index in [0.29, 0.717) is 0 Å². The zero-order valence-electron chi connectivity index (χ0n) is 13.4. The number of hydrogen-bond donors (Lipinski definition) is 0. The minimum Gasteiger partial charge on any atom is -0.325 e. The van der Waals surface area contributed by atoms with Crippen molar-refractivity contribution in [1.29, 1.82) is 0 Å². The summed E-state index contributed by atoms with van der Waals surface area (Å²) >= 11 is 1.91. The largest absolute Gasteiger partial charge is 0.325 e. The van der Waals surface area contributed by atoms with Crippen molar-refractivity contribution in [3.63, 3.8) is 0 Å². The first-order valence-corrected chi connectivity index (χ1v) is 8.74. The lowest BCUT2D eigenvalue weighted by Gasteiger charge is -2.54. The molecule has 0 aromatic heterocycles. The van der Waals surface area contributed by atoms with Gasteiger partial charge in [-0.05, 0) is 33.3 Å². The second kappa shape index (κ2) is 4.34. The Balaban J connectivity index is 1.79. The van der Waals surface area contributed by atoms with E-state index in [2.05, 4.69) is 48.0 Å².